The minimum atomic E-state index is -0.405. The molecule has 0 bridgehead atoms. The first-order valence-corrected chi connectivity index (χ1v) is 14.5. The fourth-order valence-corrected chi connectivity index (χ4v) is 5.65. The maximum Gasteiger partial charge on any atom is 0.269 e. The van der Waals surface area contributed by atoms with Crippen LogP contribution in [0.15, 0.2) is 90.1 Å². The number of nitrogens with zero attached hydrogens (tertiary/aromatic N) is 6. The van der Waals surface area contributed by atoms with Gasteiger partial charge in [-0.1, -0.05) is 65.8 Å². The molecule has 0 radical (unpaired) electrons. The van der Waals surface area contributed by atoms with Crippen molar-refractivity contribution in [2.75, 3.05) is 43.0 Å². The van der Waals surface area contributed by atoms with Gasteiger partial charge >= 0.3 is 0 Å². The topological polar surface area (TPSA) is 95.7 Å². The molecule has 0 N–H and O–H groups in total. The van der Waals surface area contributed by atoms with E-state index in [1.165, 1.54) is 29.5 Å². The van der Waals surface area contributed by atoms with Gasteiger partial charge in [0.2, 0.25) is 0 Å². The maximum atomic E-state index is 13.1. The van der Waals surface area contributed by atoms with E-state index in [1.54, 1.807) is 18.2 Å². The summed E-state index contributed by atoms with van der Waals surface area (Å²) in [6.45, 7) is 3.21. The molecule has 1 aliphatic heterocycles. The van der Waals surface area contributed by atoms with Crippen LogP contribution in [0.1, 0.15) is 21.5 Å². The Balaban J connectivity index is 1.14. The summed E-state index contributed by atoms with van der Waals surface area (Å²) in [7, 11) is 1.98. The largest absolute Gasteiger partial charge is 0.368 e. The Morgan fingerprint density at radius 1 is 0.951 bits per heavy atom. The molecule has 5 rings (SSSR count). The second-order valence-corrected chi connectivity index (χ2v) is 11.0. The van der Waals surface area contributed by atoms with Crippen LogP contribution in [-0.4, -0.2) is 58.9 Å². The summed E-state index contributed by atoms with van der Waals surface area (Å²) >= 11 is 7.81. The Hall–Kier alpha value is -4.15. The van der Waals surface area contributed by atoms with Crippen molar-refractivity contribution >= 4 is 46.5 Å². The molecular formula is C30H29ClN6O3S. The lowest BCUT2D eigenvalue weighted by molar-refractivity contribution is -0.384. The molecular weight excluding hydrogens is 560 g/mol. The molecule has 0 unspecified atom stereocenters. The van der Waals surface area contributed by atoms with Gasteiger partial charge in [0, 0.05) is 75.0 Å². The van der Waals surface area contributed by atoms with Crippen molar-refractivity contribution in [2.45, 2.75) is 17.5 Å². The summed E-state index contributed by atoms with van der Waals surface area (Å²) in [5.74, 6) is 1.40. The molecule has 1 amide bonds. The highest BCUT2D eigenvalue weighted by Gasteiger charge is 2.23. The Kier molecular flexibility index (Phi) is 9.01. The number of aromatic nitrogens is 2. The lowest BCUT2D eigenvalue weighted by Gasteiger charge is -2.36. The molecule has 2 heterocycles. The van der Waals surface area contributed by atoms with Gasteiger partial charge in [-0.25, -0.2) is 9.97 Å². The van der Waals surface area contributed by atoms with Crippen LogP contribution >= 0.6 is 23.4 Å². The SMILES string of the molecule is CN(Cc1ccccc1)c1cc(Cl)nc(SCc2ccc(C(=O)N3CCN(c4ccc([N+](=O)[O-])cc4)CC3)cc2)n1. The van der Waals surface area contributed by atoms with Gasteiger partial charge < -0.3 is 14.7 Å². The van der Waals surface area contributed by atoms with Gasteiger partial charge in [0.05, 0.1) is 4.92 Å². The highest BCUT2D eigenvalue weighted by molar-refractivity contribution is 7.98. The fraction of sp³-hybridized carbons (Fsp3) is 0.233. The van der Waals surface area contributed by atoms with E-state index >= 15 is 0 Å². The third kappa shape index (κ3) is 7.33. The molecule has 11 heteroatoms. The van der Waals surface area contributed by atoms with Crippen LogP contribution in [0.3, 0.4) is 0 Å². The zero-order valence-electron chi connectivity index (χ0n) is 22.5. The average molecular weight is 589 g/mol. The Morgan fingerprint density at radius 2 is 1.63 bits per heavy atom. The van der Waals surface area contributed by atoms with Gasteiger partial charge in [-0.3, -0.25) is 14.9 Å². The molecule has 1 saturated heterocycles. The predicted octanol–water partition coefficient (Wildman–Crippen LogP) is 5.93. The number of hydrogen-bond acceptors (Lipinski definition) is 8. The summed E-state index contributed by atoms with van der Waals surface area (Å²) in [4.78, 5) is 38.7. The van der Waals surface area contributed by atoms with Crippen molar-refractivity contribution in [3.8, 4) is 0 Å². The van der Waals surface area contributed by atoms with Crippen molar-refractivity contribution in [3.05, 3.63) is 117 Å². The van der Waals surface area contributed by atoms with Crippen LogP contribution in [0.5, 0.6) is 0 Å². The monoisotopic (exact) mass is 588 g/mol. The number of carbonyl (C=O) groups excluding carboxylic acids is 1. The van der Waals surface area contributed by atoms with E-state index in [0.717, 1.165) is 17.1 Å². The number of halogens is 1. The second kappa shape index (κ2) is 13.0. The zero-order chi connectivity index (χ0) is 28.8. The first-order valence-electron chi connectivity index (χ1n) is 13.2. The standard InChI is InChI=1S/C30H29ClN6O3S/c1-34(20-22-5-3-2-4-6-22)28-19-27(31)32-30(33-28)41-21-23-7-9-24(10-8-23)29(38)36-17-15-35(16-18-36)25-11-13-26(14-12-25)37(39)40/h2-14,19H,15-18,20-21H2,1H3. The van der Waals surface area contributed by atoms with Crippen molar-refractivity contribution in [3.63, 3.8) is 0 Å². The first-order chi connectivity index (χ1) is 19.9. The minimum Gasteiger partial charge on any atom is -0.368 e. The maximum absolute atomic E-state index is 13.1. The van der Waals surface area contributed by atoms with E-state index < -0.39 is 4.92 Å². The van der Waals surface area contributed by atoms with E-state index in [9.17, 15) is 14.9 Å². The Bertz CT molecular complexity index is 1500. The molecule has 210 valence electrons. The van der Waals surface area contributed by atoms with Crippen LogP contribution in [0.4, 0.5) is 17.2 Å². The molecule has 4 aromatic rings. The summed E-state index contributed by atoms with van der Waals surface area (Å²) < 4.78 is 0. The predicted molar refractivity (Wildman–Crippen MR) is 163 cm³/mol. The molecule has 1 fully saturated rings. The number of nitro benzene ring substituents is 1. The molecule has 41 heavy (non-hydrogen) atoms. The average Bonchev–Trinajstić information content (AvgIpc) is 3.00. The van der Waals surface area contributed by atoms with E-state index in [1.807, 2.05) is 59.3 Å². The van der Waals surface area contributed by atoms with E-state index in [-0.39, 0.29) is 11.6 Å². The number of benzene rings is 3. The second-order valence-electron chi connectivity index (χ2n) is 9.71. The quantitative estimate of drug-likeness (QED) is 0.0780. The number of anilines is 2. The summed E-state index contributed by atoms with van der Waals surface area (Å²) in [6.07, 6.45) is 0. The number of amides is 1. The molecule has 0 spiro atoms. The van der Waals surface area contributed by atoms with Crippen LogP contribution in [0.2, 0.25) is 5.15 Å². The van der Waals surface area contributed by atoms with E-state index in [2.05, 4.69) is 22.0 Å². The fourth-order valence-electron chi connectivity index (χ4n) is 4.61. The lowest BCUT2D eigenvalue weighted by atomic mass is 10.1. The van der Waals surface area contributed by atoms with Crippen molar-refractivity contribution < 1.29 is 9.72 Å². The number of thioether (sulfide) groups is 1. The minimum absolute atomic E-state index is 0.00294. The summed E-state index contributed by atoms with van der Waals surface area (Å²) in [6, 6.07) is 26.1. The number of rotatable bonds is 9. The van der Waals surface area contributed by atoms with Gasteiger partial charge in [-0.2, -0.15) is 0 Å². The smallest absolute Gasteiger partial charge is 0.269 e. The number of non-ortho nitro benzene ring substituents is 1. The Morgan fingerprint density at radius 3 is 2.29 bits per heavy atom. The van der Waals surface area contributed by atoms with Crippen LogP contribution < -0.4 is 9.80 Å². The molecule has 1 aliphatic rings. The van der Waals surface area contributed by atoms with E-state index in [0.29, 0.717) is 54.3 Å². The van der Waals surface area contributed by atoms with Gasteiger partial charge in [0.15, 0.2) is 5.16 Å². The number of nitro groups is 1. The van der Waals surface area contributed by atoms with Gasteiger partial charge in [-0.15, -0.1) is 0 Å². The number of carbonyl (C=O) groups is 1. The number of piperazine rings is 1. The first kappa shape index (κ1) is 28.4. The summed E-state index contributed by atoms with van der Waals surface area (Å²) in [5, 5.41) is 11.9. The van der Waals surface area contributed by atoms with Crippen LogP contribution in [0.25, 0.3) is 0 Å². The molecule has 0 aliphatic carbocycles. The van der Waals surface area contributed by atoms with Crippen LogP contribution in [0, 0.1) is 10.1 Å². The van der Waals surface area contributed by atoms with Gasteiger partial charge in [-0.05, 0) is 35.4 Å². The molecule has 0 saturated carbocycles. The van der Waals surface area contributed by atoms with Gasteiger partial charge in [0.25, 0.3) is 11.6 Å². The third-order valence-electron chi connectivity index (χ3n) is 6.88. The lowest BCUT2D eigenvalue weighted by Crippen LogP contribution is -2.48. The summed E-state index contributed by atoms with van der Waals surface area (Å²) in [5.41, 5.74) is 3.87. The molecule has 3 aromatic carbocycles. The van der Waals surface area contributed by atoms with Crippen LogP contribution in [-0.2, 0) is 12.3 Å². The normalized spacial score (nSPS) is 13.2. The highest BCUT2D eigenvalue weighted by atomic mass is 35.5. The third-order valence-corrected chi connectivity index (χ3v) is 7.99. The van der Waals surface area contributed by atoms with Crippen molar-refractivity contribution in [1.29, 1.82) is 0 Å². The Labute approximate surface area is 247 Å². The molecule has 1 aromatic heterocycles. The molecule has 9 nitrogen and oxygen atoms in total. The zero-order valence-corrected chi connectivity index (χ0v) is 24.1. The van der Waals surface area contributed by atoms with Crippen molar-refractivity contribution in [2.24, 2.45) is 0 Å². The molecule has 0 atom stereocenters. The van der Waals surface area contributed by atoms with Gasteiger partial charge in [0.1, 0.15) is 11.0 Å². The highest BCUT2D eigenvalue weighted by Crippen LogP contribution is 2.26. The van der Waals surface area contributed by atoms with Crippen molar-refractivity contribution in [1.82, 2.24) is 14.9 Å². The number of hydrogen-bond donors (Lipinski definition) is 0. The van der Waals surface area contributed by atoms with E-state index in [4.69, 9.17) is 16.6 Å².